The average Bonchev–Trinajstić information content (AvgIpc) is 2.65. The molecular formula is C23H29NO. The molecule has 0 aromatic heterocycles. The Labute approximate surface area is 151 Å². The maximum atomic E-state index is 12.4. The normalized spacial score (nSPS) is 14.6. The molecule has 0 aliphatic heterocycles. The molecule has 2 nitrogen and oxygen atoms in total. The van der Waals surface area contributed by atoms with Crippen LogP contribution in [-0.2, 0) is 24.1 Å². The lowest BCUT2D eigenvalue weighted by Crippen LogP contribution is -2.28. The minimum Gasteiger partial charge on any atom is -0.349 e. The molecule has 0 unspecified atom stereocenters. The molecule has 1 aliphatic rings. The van der Waals surface area contributed by atoms with E-state index in [9.17, 15) is 4.79 Å². The molecule has 2 aromatic rings. The number of nitrogens with one attached hydrogen (secondary N) is 1. The fraction of sp³-hybridized carbons (Fsp3) is 0.435. The van der Waals surface area contributed by atoms with E-state index in [1.165, 1.54) is 53.5 Å². The molecule has 1 N–H and O–H groups in total. The minimum absolute atomic E-state index is 0.123. The monoisotopic (exact) mass is 335 g/mol. The summed E-state index contributed by atoms with van der Waals surface area (Å²) in [4.78, 5) is 12.4. The van der Waals surface area contributed by atoms with Gasteiger partial charge in [0.25, 0.3) is 0 Å². The molecular weight excluding hydrogens is 306 g/mol. The first-order valence-corrected chi connectivity index (χ1v) is 9.62. The van der Waals surface area contributed by atoms with Crippen LogP contribution in [0.4, 0.5) is 0 Å². The average molecular weight is 335 g/mol. The van der Waals surface area contributed by atoms with Gasteiger partial charge in [0, 0.05) is 6.42 Å². The highest BCUT2D eigenvalue weighted by Gasteiger charge is 2.16. The lowest BCUT2D eigenvalue weighted by molar-refractivity contribution is -0.121. The molecule has 25 heavy (non-hydrogen) atoms. The first-order valence-electron chi connectivity index (χ1n) is 9.62. The zero-order valence-corrected chi connectivity index (χ0v) is 15.5. The van der Waals surface area contributed by atoms with Gasteiger partial charge in [-0.2, -0.15) is 0 Å². The minimum atomic E-state index is 0.123. The van der Waals surface area contributed by atoms with Crippen molar-refractivity contribution in [1.82, 2.24) is 5.32 Å². The summed E-state index contributed by atoms with van der Waals surface area (Å²) >= 11 is 0. The van der Waals surface area contributed by atoms with Gasteiger partial charge < -0.3 is 5.32 Å². The molecule has 2 heteroatoms. The van der Waals surface area contributed by atoms with Crippen molar-refractivity contribution in [2.24, 2.45) is 0 Å². The maximum Gasteiger partial charge on any atom is 0.220 e. The second kappa shape index (κ2) is 8.33. The highest BCUT2D eigenvalue weighted by Crippen LogP contribution is 2.26. The van der Waals surface area contributed by atoms with Gasteiger partial charge in [-0.05, 0) is 67.7 Å². The van der Waals surface area contributed by atoms with Crippen molar-refractivity contribution in [3.05, 3.63) is 70.3 Å². The summed E-state index contributed by atoms with van der Waals surface area (Å²) in [5, 5.41) is 3.23. The molecule has 0 spiro atoms. The molecule has 0 heterocycles. The molecule has 0 saturated heterocycles. The van der Waals surface area contributed by atoms with Crippen LogP contribution in [0.25, 0.3) is 0 Å². The fourth-order valence-electron chi connectivity index (χ4n) is 3.67. The van der Waals surface area contributed by atoms with E-state index in [0.29, 0.717) is 6.42 Å². The SMILES string of the molecule is CC[C@H](NC(=O)CCc1ccc(C)cc1)c1ccc2c(c1)CCCC2. The molecule has 0 bridgehead atoms. The summed E-state index contributed by atoms with van der Waals surface area (Å²) in [5.74, 6) is 0.144. The van der Waals surface area contributed by atoms with Crippen molar-refractivity contribution in [1.29, 1.82) is 0 Å². The smallest absolute Gasteiger partial charge is 0.220 e. The number of carbonyl (C=O) groups excluding carboxylic acids is 1. The van der Waals surface area contributed by atoms with Crippen LogP contribution in [0.3, 0.4) is 0 Å². The van der Waals surface area contributed by atoms with Crippen LogP contribution in [0.2, 0.25) is 0 Å². The number of amides is 1. The van der Waals surface area contributed by atoms with Crippen molar-refractivity contribution in [3.8, 4) is 0 Å². The van der Waals surface area contributed by atoms with E-state index in [4.69, 9.17) is 0 Å². The van der Waals surface area contributed by atoms with Crippen LogP contribution < -0.4 is 5.32 Å². The van der Waals surface area contributed by atoms with E-state index >= 15 is 0 Å². The van der Waals surface area contributed by atoms with Crippen molar-refractivity contribution < 1.29 is 4.79 Å². The van der Waals surface area contributed by atoms with Crippen LogP contribution in [0.5, 0.6) is 0 Å². The van der Waals surface area contributed by atoms with E-state index in [1.54, 1.807) is 0 Å². The third kappa shape index (κ3) is 4.72. The van der Waals surface area contributed by atoms with E-state index in [-0.39, 0.29) is 11.9 Å². The second-order valence-corrected chi connectivity index (χ2v) is 7.25. The number of rotatable bonds is 6. The van der Waals surface area contributed by atoms with Gasteiger partial charge in [0.1, 0.15) is 0 Å². The number of hydrogen-bond donors (Lipinski definition) is 1. The summed E-state index contributed by atoms with van der Waals surface area (Å²) in [6.07, 6.45) is 7.25. The number of hydrogen-bond acceptors (Lipinski definition) is 1. The molecule has 1 atom stereocenters. The summed E-state index contributed by atoms with van der Waals surface area (Å²) in [5.41, 5.74) is 6.72. The molecule has 0 radical (unpaired) electrons. The largest absolute Gasteiger partial charge is 0.349 e. The lowest BCUT2D eigenvalue weighted by Gasteiger charge is -2.21. The van der Waals surface area contributed by atoms with Gasteiger partial charge >= 0.3 is 0 Å². The van der Waals surface area contributed by atoms with Gasteiger partial charge in [-0.25, -0.2) is 0 Å². The fourth-order valence-corrected chi connectivity index (χ4v) is 3.67. The number of aryl methyl sites for hydroxylation is 4. The van der Waals surface area contributed by atoms with Gasteiger partial charge in [-0.3, -0.25) is 4.79 Å². The van der Waals surface area contributed by atoms with E-state index in [2.05, 4.69) is 61.6 Å². The van der Waals surface area contributed by atoms with E-state index < -0.39 is 0 Å². The summed E-state index contributed by atoms with van der Waals surface area (Å²) in [6.45, 7) is 4.23. The first kappa shape index (κ1) is 17.7. The Kier molecular flexibility index (Phi) is 5.91. The Morgan fingerprint density at radius 2 is 1.76 bits per heavy atom. The number of carbonyl (C=O) groups is 1. The maximum absolute atomic E-state index is 12.4. The third-order valence-corrected chi connectivity index (χ3v) is 5.28. The third-order valence-electron chi connectivity index (χ3n) is 5.28. The van der Waals surface area contributed by atoms with Crippen LogP contribution >= 0.6 is 0 Å². The van der Waals surface area contributed by atoms with Gasteiger partial charge in [-0.1, -0.05) is 55.0 Å². The van der Waals surface area contributed by atoms with Crippen LogP contribution in [0, 0.1) is 6.92 Å². The van der Waals surface area contributed by atoms with Crippen LogP contribution in [0.1, 0.15) is 66.5 Å². The molecule has 1 aliphatic carbocycles. The predicted molar refractivity (Wildman–Crippen MR) is 104 cm³/mol. The Morgan fingerprint density at radius 1 is 1.04 bits per heavy atom. The number of benzene rings is 2. The molecule has 2 aromatic carbocycles. The number of fused-ring (bicyclic) bond motifs is 1. The topological polar surface area (TPSA) is 29.1 Å². The van der Waals surface area contributed by atoms with Gasteiger partial charge in [0.15, 0.2) is 0 Å². The Morgan fingerprint density at radius 3 is 2.48 bits per heavy atom. The quantitative estimate of drug-likeness (QED) is 0.784. The van der Waals surface area contributed by atoms with Crippen LogP contribution in [0.15, 0.2) is 42.5 Å². The zero-order chi connectivity index (χ0) is 17.6. The van der Waals surface area contributed by atoms with Crippen molar-refractivity contribution in [2.45, 2.75) is 64.8 Å². The van der Waals surface area contributed by atoms with E-state index in [1.807, 2.05) is 0 Å². The Balaban J connectivity index is 1.59. The first-order chi connectivity index (χ1) is 12.2. The summed E-state index contributed by atoms with van der Waals surface area (Å²) < 4.78 is 0. The molecule has 1 amide bonds. The summed E-state index contributed by atoms with van der Waals surface area (Å²) in [6, 6.07) is 15.4. The van der Waals surface area contributed by atoms with Crippen molar-refractivity contribution in [2.75, 3.05) is 0 Å². The van der Waals surface area contributed by atoms with Crippen molar-refractivity contribution in [3.63, 3.8) is 0 Å². The van der Waals surface area contributed by atoms with Crippen LogP contribution in [-0.4, -0.2) is 5.91 Å². The highest BCUT2D eigenvalue weighted by molar-refractivity contribution is 5.76. The Bertz CT molecular complexity index is 717. The predicted octanol–water partition coefficient (Wildman–Crippen LogP) is 5.07. The van der Waals surface area contributed by atoms with Crippen molar-refractivity contribution >= 4 is 5.91 Å². The Hall–Kier alpha value is -2.09. The molecule has 3 rings (SSSR count). The summed E-state index contributed by atoms with van der Waals surface area (Å²) in [7, 11) is 0. The van der Waals surface area contributed by atoms with Gasteiger partial charge in [0.05, 0.1) is 6.04 Å². The standard InChI is InChI=1S/C23H29NO/c1-3-22(21-14-13-19-6-4-5-7-20(19)16-21)24-23(25)15-12-18-10-8-17(2)9-11-18/h8-11,13-14,16,22H,3-7,12,15H2,1-2H3,(H,24,25)/t22-/m0/s1. The van der Waals surface area contributed by atoms with E-state index in [0.717, 1.165) is 12.8 Å². The lowest BCUT2D eigenvalue weighted by atomic mass is 9.89. The highest BCUT2D eigenvalue weighted by atomic mass is 16.1. The zero-order valence-electron chi connectivity index (χ0n) is 15.5. The molecule has 0 saturated carbocycles. The van der Waals surface area contributed by atoms with Gasteiger partial charge in [0.2, 0.25) is 5.91 Å². The molecule has 132 valence electrons. The molecule has 0 fully saturated rings. The second-order valence-electron chi connectivity index (χ2n) is 7.25. The van der Waals surface area contributed by atoms with Gasteiger partial charge in [-0.15, -0.1) is 0 Å².